The maximum Gasteiger partial charge on any atom is 0.209 e. The zero-order valence-electron chi connectivity index (χ0n) is 13.1. The molecule has 2 heterocycles. The molecule has 0 fully saturated rings. The van der Waals surface area contributed by atoms with Gasteiger partial charge in [-0.1, -0.05) is 0 Å². The highest BCUT2D eigenvalue weighted by atomic mass is 32.2. The highest BCUT2D eigenvalue weighted by Gasteiger charge is 2.24. The number of phenols is 1. The summed E-state index contributed by atoms with van der Waals surface area (Å²) in [7, 11) is -3.32. The molecule has 0 aliphatic heterocycles. The molecule has 0 amide bonds. The second-order valence-corrected chi connectivity index (χ2v) is 8.07. The lowest BCUT2D eigenvalue weighted by Crippen LogP contribution is -2.45. The summed E-state index contributed by atoms with van der Waals surface area (Å²) in [5.41, 5.74) is 1.57. The van der Waals surface area contributed by atoms with Crippen molar-refractivity contribution in [2.75, 3.05) is 6.26 Å². The first-order chi connectivity index (χ1) is 10.6. The molecule has 0 radical (unpaired) electrons. The number of hydrogen-bond donors (Lipinski definition) is 2. The minimum Gasteiger partial charge on any atom is -0.508 e. The first-order valence-corrected chi connectivity index (χ1v) is 8.95. The van der Waals surface area contributed by atoms with E-state index in [1.807, 2.05) is 18.4 Å². The molecule has 0 aliphatic carbocycles. The minimum absolute atomic E-state index is 0.148. The number of nitrogens with one attached hydrogen (secondary N) is 1. The Balaban J connectivity index is 2.11. The van der Waals surface area contributed by atoms with Crippen molar-refractivity contribution < 1.29 is 13.5 Å². The highest BCUT2D eigenvalue weighted by molar-refractivity contribution is 7.88. The van der Waals surface area contributed by atoms with Gasteiger partial charge >= 0.3 is 0 Å². The van der Waals surface area contributed by atoms with Gasteiger partial charge in [0.05, 0.1) is 29.8 Å². The molecule has 0 saturated carbocycles. The van der Waals surface area contributed by atoms with E-state index < -0.39 is 15.6 Å². The van der Waals surface area contributed by atoms with Crippen LogP contribution in [0.3, 0.4) is 0 Å². The maximum atomic E-state index is 11.5. The summed E-state index contributed by atoms with van der Waals surface area (Å²) in [5, 5.41) is 10.5. The van der Waals surface area contributed by atoms with Gasteiger partial charge < -0.3 is 9.67 Å². The third-order valence-electron chi connectivity index (χ3n) is 3.46. The van der Waals surface area contributed by atoms with E-state index >= 15 is 0 Å². The maximum absolute atomic E-state index is 11.5. The van der Waals surface area contributed by atoms with E-state index in [4.69, 9.17) is 0 Å². The summed E-state index contributed by atoms with van der Waals surface area (Å²) in [4.78, 5) is 8.62. The van der Waals surface area contributed by atoms with Gasteiger partial charge in [0.1, 0.15) is 11.3 Å². The number of sulfonamides is 1. The standard InChI is InChI=1S/C15H18N4O3S/c1-15(2,18-23(3,21)22)8-19-9-17-13-7-16-12-6-10(20)4-5-11(12)14(13)19/h4-7,9,18,20H,8H2,1-3H3. The van der Waals surface area contributed by atoms with Crippen molar-refractivity contribution in [1.29, 1.82) is 0 Å². The van der Waals surface area contributed by atoms with Crippen molar-refractivity contribution in [3.05, 3.63) is 30.7 Å². The predicted molar refractivity (Wildman–Crippen MR) is 88.8 cm³/mol. The predicted octanol–water partition coefficient (Wildman–Crippen LogP) is 1.62. The lowest BCUT2D eigenvalue weighted by molar-refractivity contribution is 0.396. The molecule has 0 atom stereocenters. The summed E-state index contributed by atoms with van der Waals surface area (Å²) in [6, 6.07) is 4.97. The van der Waals surface area contributed by atoms with Crippen LogP contribution < -0.4 is 4.72 Å². The van der Waals surface area contributed by atoms with Crippen molar-refractivity contribution in [1.82, 2.24) is 19.3 Å². The number of pyridine rings is 1. The second kappa shape index (κ2) is 5.17. The van der Waals surface area contributed by atoms with Crippen LogP contribution in [0.4, 0.5) is 0 Å². The van der Waals surface area contributed by atoms with Gasteiger partial charge in [-0.15, -0.1) is 0 Å². The normalized spacial score (nSPS) is 13.0. The minimum atomic E-state index is -3.32. The van der Waals surface area contributed by atoms with Crippen LogP contribution in [-0.2, 0) is 16.6 Å². The molecule has 3 rings (SSSR count). The van der Waals surface area contributed by atoms with Gasteiger partial charge in [0.2, 0.25) is 10.0 Å². The molecule has 2 N–H and O–H groups in total. The number of rotatable bonds is 4. The summed E-state index contributed by atoms with van der Waals surface area (Å²) < 4.78 is 27.6. The fourth-order valence-electron chi connectivity index (χ4n) is 2.82. The van der Waals surface area contributed by atoms with E-state index in [-0.39, 0.29) is 5.75 Å². The lowest BCUT2D eigenvalue weighted by atomic mass is 10.1. The van der Waals surface area contributed by atoms with E-state index in [1.165, 1.54) is 0 Å². The van der Waals surface area contributed by atoms with Gasteiger partial charge in [-0.2, -0.15) is 0 Å². The van der Waals surface area contributed by atoms with Crippen LogP contribution in [0.2, 0.25) is 0 Å². The molecule has 0 aliphatic rings. The first-order valence-electron chi connectivity index (χ1n) is 7.06. The summed E-state index contributed by atoms with van der Waals surface area (Å²) in [5.74, 6) is 0.148. The summed E-state index contributed by atoms with van der Waals surface area (Å²) in [6.07, 6.45) is 4.46. The Morgan fingerprint density at radius 3 is 2.70 bits per heavy atom. The number of hydrogen-bond acceptors (Lipinski definition) is 5. The fraction of sp³-hybridized carbons (Fsp3) is 0.333. The van der Waals surface area contributed by atoms with Crippen molar-refractivity contribution in [2.24, 2.45) is 0 Å². The average Bonchev–Trinajstić information content (AvgIpc) is 2.78. The number of phenolic OH excluding ortho intramolecular Hbond substituents is 1. The molecule has 0 bridgehead atoms. The second-order valence-electron chi connectivity index (χ2n) is 6.32. The third-order valence-corrected chi connectivity index (χ3v) is 4.38. The Kier molecular flexibility index (Phi) is 3.53. The number of aromatic nitrogens is 3. The van der Waals surface area contributed by atoms with E-state index in [9.17, 15) is 13.5 Å². The zero-order valence-corrected chi connectivity index (χ0v) is 13.9. The lowest BCUT2D eigenvalue weighted by Gasteiger charge is -2.25. The van der Waals surface area contributed by atoms with E-state index in [1.54, 1.807) is 30.7 Å². The van der Waals surface area contributed by atoms with Crippen LogP contribution in [-0.4, -0.2) is 39.9 Å². The van der Waals surface area contributed by atoms with Crippen LogP contribution in [0.1, 0.15) is 13.8 Å². The Morgan fingerprint density at radius 1 is 1.26 bits per heavy atom. The Labute approximate surface area is 134 Å². The fourth-order valence-corrected chi connectivity index (χ4v) is 3.89. The highest BCUT2D eigenvalue weighted by Crippen LogP contribution is 2.26. The van der Waals surface area contributed by atoms with Gasteiger partial charge in [0.25, 0.3) is 0 Å². The third kappa shape index (κ3) is 3.27. The van der Waals surface area contributed by atoms with E-state index in [0.29, 0.717) is 12.1 Å². The van der Waals surface area contributed by atoms with E-state index in [0.717, 1.165) is 22.7 Å². The van der Waals surface area contributed by atoms with Crippen LogP contribution in [0, 0.1) is 0 Å². The Morgan fingerprint density at radius 2 is 2.00 bits per heavy atom. The summed E-state index contributed by atoms with van der Waals surface area (Å²) in [6.45, 7) is 4.04. The average molecular weight is 334 g/mol. The van der Waals surface area contributed by atoms with Crippen molar-refractivity contribution in [2.45, 2.75) is 25.9 Å². The van der Waals surface area contributed by atoms with Crippen LogP contribution in [0.25, 0.3) is 21.9 Å². The zero-order chi connectivity index (χ0) is 16.8. The van der Waals surface area contributed by atoms with Gasteiger partial charge in [0, 0.05) is 23.5 Å². The molecule has 3 aromatic rings. The molecular formula is C15H18N4O3S. The van der Waals surface area contributed by atoms with Crippen molar-refractivity contribution >= 4 is 32.0 Å². The molecule has 0 saturated heterocycles. The molecular weight excluding hydrogens is 316 g/mol. The number of aromatic hydroxyl groups is 1. The number of nitrogens with zero attached hydrogens (tertiary/aromatic N) is 3. The molecule has 0 unspecified atom stereocenters. The number of imidazole rings is 1. The van der Waals surface area contributed by atoms with Crippen LogP contribution in [0.15, 0.2) is 30.7 Å². The monoisotopic (exact) mass is 334 g/mol. The quantitative estimate of drug-likeness (QED) is 0.755. The van der Waals surface area contributed by atoms with Crippen molar-refractivity contribution in [3.8, 4) is 5.75 Å². The topological polar surface area (TPSA) is 97.1 Å². The molecule has 0 spiro atoms. The molecule has 122 valence electrons. The van der Waals surface area contributed by atoms with Crippen molar-refractivity contribution in [3.63, 3.8) is 0 Å². The number of benzene rings is 1. The first kappa shape index (κ1) is 15.7. The number of fused-ring (bicyclic) bond motifs is 3. The molecule has 7 nitrogen and oxygen atoms in total. The molecule has 23 heavy (non-hydrogen) atoms. The summed E-state index contributed by atoms with van der Waals surface area (Å²) >= 11 is 0. The Bertz CT molecular complexity index is 993. The smallest absolute Gasteiger partial charge is 0.209 e. The van der Waals surface area contributed by atoms with Crippen LogP contribution >= 0.6 is 0 Å². The SMILES string of the molecule is CC(C)(Cn1cnc2cnc3cc(O)ccc3c21)NS(C)(=O)=O. The molecule has 8 heteroatoms. The molecule has 1 aromatic carbocycles. The van der Waals surface area contributed by atoms with Gasteiger partial charge in [-0.3, -0.25) is 4.98 Å². The van der Waals surface area contributed by atoms with Crippen LogP contribution in [0.5, 0.6) is 5.75 Å². The largest absolute Gasteiger partial charge is 0.508 e. The van der Waals surface area contributed by atoms with E-state index in [2.05, 4.69) is 14.7 Å². The molecule has 2 aromatic heterocycles. The van der Waals surface area contributed by atoms with Gasteiger partial charge in [-0.25, -0.2) is 18.1 Å². The van der Waals surface area contributed by atoms with Gasteiger partial charge in [0.15, 0.2) is 0 Å². The van der Waals surface area contributed by atoms with Gasteiger partial charge in [-0.05, 0) is 26.0 Å². The Hall–Kier alpha value is -2.19.